The summed E-state index contributed by atoms with van der Waals surface area (Å²) >= 11 is 11.7. The number of nitriles is 2. The molecule has 0 saturated carbocycles. The van der Waals surface area contributed by atoms with E-state index in [4.69, 9.17) is 33.7 Å². The highest BCUT2D eigenvalue weighted by Gasteiger charge is 2.12. The first-order valence-electron chi connectivity index (χ1n) is 5.71. The summed E-state index contributed by atoms with van der Waals surface area (Å²) in [5.41, 5.74) is 0.591. The summed E-state index contributed by atoms with van der Waals surface area (Å²) in [4.78, 5) is 1.91. The highest BCUT2D eigenvalue weighted by molar-refractivity contribution is 6.35. The first-order valence-corrected chi connectivity index (χ1v) is 6.47. The molecule has 1 N–H and O–H groups in total. The maximum Gasteiger partial charge on any atom is 0.138 e. The lowest BCUT2D eigenvalue weighted by atomic mass is 10.1. The van der Waals surface area contributed by atoms with E-state index in [-0.39, 0.29) is 10.8 Å². The predicted octanol–water partition coefficient (Wildman–Crippen LogP) is 3.33. The van der Waals surface area contributed by atoms with Crippen LogP contribution in [-0.2, 0) is 6.54 Å². The molecule has 19 heavy (non-hydrogen) atoms. The molecule has 0 heterocycles. The normalized spacial score (nSPS) is 10.2. The topological polar surface area (TPSA) is 71.0 Å². The van der Waals surface area contributed by atoms with Crippen molar-refractivity contribution in [2.45, 2.75) is 19.4 Å². The molecule has 0 aromatic heterocycles. The number of phenolic OH excluding ortho intramolecular Hbond substituents is 1. The average molecular weight is 298 g/mol. The van der Waals surface area contributed by atoms with E-state index in [0.717, 1.165) is 0 Å². The number of nitrogens with zero attached hydrogens (tertiary/aromatic N) is 3. The Balaban J connectivity index is 2.83. The Morgan fingerprint density at radius 1 is 1.11 bits per heavy atom. The van der Waals surface area contributed by atoms with Crippen LogP contribution in [-0.4, -0.2) is 23.1 Å². The molecule has 0 aliphatic rings. The van der Waals surface area contributed by atoms with Crippen LogP contribution in [0.5, 0.6) is 5.75 Å². The summed E-state index contributed by atoms with van der Waals surface area (Å²) in [6.45, 7) is 1.46. The number of halogens is 2. The molecule has 4 nitrogen and oxygen atoms in total. The summed E-state index contributed by atoms with van der Waals surface area (Å²) in [5.74, 6) is -0.00928. The zero-order valence-corrected chi connectivity index (χ0v) is 11.7. The molecule has 0 bridgehead atoms. The maximum atomic E-state index is 9.87. The monoisotopic (exact) mass is 297 g/mol. The zero-order valence-electron chi connectivity index (χ0n) is 10.2. The van der Waals surface area contributed by atoms with Gasteiger partial charge in [0.2, 0.25) is 0 Å². The molecule has 6 heteroatoms. The highest BCUT2D eigenvalue weighted by Crippen LogP contribution is 2.31. The van der Waals surface area contributed by atoms with Gasteiger partial charge in [-0.1, -0.05) is 23.2 Å². The third-order valence-corrected chi connectivity index (χ3v) is 3.09. The van der Waals surface area contributed by atoms with Crippen molar-refractivity contribution in [2.24, 2.45) is 0 Å². The van der Waals surface area contributed by atoms with Crippen molar-refractivity contribution in [3.63, 3.8) is 0 Å². The van der Waals surface area contributed by atoms with Crippen molar-refractivity contribution < 1.29 is 5.11 Å². The first-order chi connectivity index (χ1) is 9.08. The molecule has 0 unspecified atom stereocenters. The molecule has 1 aromatic rings. The summed E-state index contributed by atoms with van der Waals surface area (Å²) < 4.78 is 0. The minimum absolute atomic E-state index is 0.00928. The van der Waals surface area contributed by atoms with Crippen LogP contribution in [0, 0.1) is 22.7 Å². The summed E-state index contributed by atoms with van der Waals surface area (Å²) in [5, 5.41) is 27.7. The molecule has 0 aliphatic heterocycles. The molecular weight excluding hydrogens is 285 g/mol. The summed E-state index contributed by atoms with van der Waals surface area (Å²) in [6, 6.07) is 7.22. The Bertz CT molecular complexity index is 502. The largest absolute Gasteiger partial charge is 0.506 e. The van der Waals surface area contributed by atoms with Crippen molar-refractivity contribution in [1.82, 2.24) is 4.90 Å². The summed E-state index contributed by atoms with van der Waals surface area (Å²) in [6.07, 6.45) is 0.723. The van der Waals surface area contributed by atoms with Crippen LogP contribution in [0.2, 0.25) is 10.0 Å². The minimum atomic E-state index is -0.00928. The Labute approximate surface area is 122 Å². The molecule has 0 aliphatic carbocycles. The van der Waals surface area contributed by atoms with E-state index in [1.54, 1.807) is 6.07 Å². The van der Waals surface area contributed by atoms with Gasteiger partial charge in [0, 0.05) is 43.1 Å². The molecule has 0 saturated heterocycles. The van der Waals surface area contributed by atoms with Gasteiger partial charge in [0.05, 0.1) is 17.2 Å². The fraction of sp³-hybridized carbons (Fsp3) is 0.385. The van der Waals surface area contributed by atoms with Gasteiger partial charge in [-0.25, -0.2) is 0 Å². The van der Waals surface area contributed by atoms with Crippen LogP contribution in [0.15, 0.2) is 12.1 Å². The molecule has 0 fully saturated rings. The van der Waals surface area contributed by atoms with E-state index < -0.39 is 0 Å². The standard InChI is InChI=1S/C13H13Cl2N3O/c14-11-7-10(13(19)12(15)8-11)9-18(5-1-3-16)6-2-4-17/h7-8,19H,1-2,5-6,9H2. The number of hydrogen-bond acceptors (Lipinski definition) is 4. The second kappa shape index (κ2) is 7.86. The van der Waals surface area contributed by atoms with Crippen LogP contribution in [0.4, 0.5) is 0 Å². The lowest BCUT2D eigenvalue weighted by molar-refractivity contribution is 0.274. The maximum absolute atomic E-state index is 9.87. The first kappa shape index (κ1) is 15.6. The molecule has 1 aromatic carbocycles. The third kappa shape index (κ3) is 4.96. The predicted molar refractivity (Wildman–Crippen MR) is 73.9 cm³/mol. The molecule has 0 radical (unpaired) electrons. The lowest BCUT2D eigenvalue weighted by Crippen LogP contribution is -2.25. The van der Waals surface area contributed by atoms with Crippen molar-refractivity contribution in [3.8, 4) is 17.9 Å². The minimum Gasteiger partial charge on any atom is -0.506 e. The molecule has 0 atom stereocenters. The average Bonchev–Trinajstić information content (AvgIpc) is 2.38. The molecule has 1 rings (SSSR count). The Morgan fingerprint density at radius 2 is 1.68 bits per heavy atom. The molecule has 0 amide bonds. The Kier molecular flexibility index (Phi) is 6.45. The quantitative estimate of drug-likeness (QED) is 0.874. The highest BCUT2D eigenvalue weighted by atomic mass is 35.5. The van der Waals surface area contributed by atoms with E-state index in [1.807, 2.05) is 4.90 Å². The fourth-order valence-corrected chi connectivity index (χ4v) is 2.20. The summed E-state index contributed by atoms with van der Waals surface area (Å²) in [7, 11) is 0. The van der Waals surface area contributed by atoms with E-state index in [9.17, 15) is 5.11 Å². The van der Waals surface area contributed by atoms with Gasteiger partial charge in [-0.15, -0.1) is 0 Å². The lowest BCUT2D eigenvalue weighted by Gasteiger charge is -2.20. The van der Waals surface area contributed by atoms with Crippen LogP contribution in [0.25, 0.3) is 0 Å². The van der Waals surface area contributed by atoms with Gasteiger partial charge in [0.25, 0.3) is 0 Å². The SMILES string of the molecule is N#CCCN(CCC#N)Cc1cc(Cl)cc(Cl)c1O. The van der Waals surface area contributed by atoms with E-state index >= 15 is 0 Å². The van der Waals surface area contributed by atoms with E-state index in [2.05, 4.69) is 12.1 Å². The van der Waals surface area contributed by atoms with Gasteiger partial charge in [-0.3, -0.25) is 4.90 Å². The second-order valence-electron chi connectivity index (χ2n) is 3.99. The van der Waals surface area contributed by atoms with E-state index in [0.29, 0.717) is 43.1 Å². The fourth-order valence-electron chi connectivity index (χ4n) is 1.67. The third-order valence-electron chi connectivity index (χ3n) is 2.58. The van der Waals surface area contributed by atoms with Gasteiger partial charge in [0.1, 0.15) is 5.75 Å². The number of hydrogen-bond donors (Lipinski definition) is 1. The number of benzene rings is 1. The Hall–Kier alpha value is -1.46. The number of phenols is 1. The van der Waals surface area contributed by atoms with Gasteiger partial charge in [-0.05, 0) is 12.1 Å². The van der Waals surface area contributed by atoms with Crippen molar-refractivity contribution in [2.75, 3.05) is 13.1 Å². The number of aromatic hydroxyl groups is 1. The van der Waals surface area contributed by atoms with Gasteiger partial charge >= 0.3 is 0 Å². The van der Waals surface area contributed by atoms with Crippen LogP contribution >= 0.6 is 23.2 Å². The second-order valence-corrected chi connectivity index (χ2v) is 4.83. The van der Waals surface area contributed by atoms with Gasteiger partial charge < -0.3 is 5.11 Å². The van der Waals surface area contributed by atoms with Crippen LogP contribution in [0.3, 0.4) is 0 Å². The van der Waals surface area contributed by atoms with Crippen LogP contribution in [0.1, 0.15) is 18.4 Å². The molecular formula is C13H13Cl2N3O. The van der Waals surface area contributed by atoms with Crippen molar-refractivity contribution >= 4 is 23.2 Å². The molecule has 100 valence electrons. The van der Waals surface area contributed by atoms with Crippen molar-refractivity contribution in [1.29, 1.82) is 10.5 Å². The zero-order chi connectivity index (χ0) is 14.3. The van der Waals surface area contributed by atoms with E-state index in [1.165, 1.54) is 6.07 Å². The van der Waals surface area contributed by atoms with Gasteiger partial charge in [-0.2, -0.15) is 10.5 Å². The molecule has 0 spiro atoms. The van der Waals surface area contributed by atoms with Crippen LogP contribution < -0.4 is 0 Å². The smallest absolute Gasteiger partial charge is 0.138 e. The number of rotatable bonds is 6. The van der Waals surface area contributed by atoms with Crippen molar-refractivity contribution in [3.05, 3.63) is 27.7 Å². The Morgan fingerprint density at radius 3 is 2.21 bits per heavy atom. The van der Waals surface area contributed by atoms with Gasteiger partial charge in [0.15, 0.2) is 0 Å².